The van der Waals surface area contributed by atoms with E-state index >= 15 is 0 Å². The fraction of sp³-hybridized carbons (Fsp3) is 0.400. The highest BCUT2D eigenvalue weighted by molar-refractivity contribution is 6.30. The highest BCUT2D eigenvalue weighted by atomic mass is 35.5. The van der Waals surface area contributed by atoms with Crippen LogP contribution in [0, 0.1) is 5.92 Å². The van der Waals surface area contributed by atoms with E-state index in [-0.39, 0.29) is 12.0 Å². The van der Waals surface area contributed by atoms with Gasteiger partial charge in [0.2, 0.25) is 0 Å². The standard InChI is InChI=1S/C30H34ClN4O2/c1-30(2,3)37-29(36)35-15-10-21(11-16-35)27-25-9-8-24(31)19-23(25)18-22(26-7-4-12-33-28(26)27)6-5-14-34-17-13-32-20-34/h4,7-9,12-13,17-21H,5-6,10-11,14-16H2,1-3H3/q-1. The Morgan fingerprint density at radius 1 is 1.24 bits per heavy atom. The smallest absolute Gasteiger partial charge is 0.410 e. The average Bonchev–Trinajstić information content (AvgIpc) is 3.33. The van der Waals surface area contributed by atoms with Gasteiger partial charge in [-0.2, -0.15) is 6.20 Å². The molecule has 6 nitrogen and oxygen atoms in total. The van der Waals surface area contributed by atoms with Crippen LogP contribution in [0.15, 0.2) is 72.1 Å². The second kappa shape index (κ2) is 10.6. The zero-order chi connectivity index (χ0) is 26.0. The number of hydrogen-bond acceptors (Lipinski definition) is 3. The molecule has 0 radical (unpaired) electrons. The molecule has 1 amide bonds. The molecule has 2 aliphatic heterocycles. The summed E-state index contributed by atoms with van der Waals surface area (Å²) in [7, 11) is 0. The number of benzene rings is 1. The average molecular weight is 518 g/mol. The lowest BCUT2D eigenvalue weighted by Gasteiger charge is -2.39. The number of halogens is 1. The summed E-state index contributed by atoms with van der Waals surface area (Å²) in [5.41, 5.74) is 6.58. The van der Waals surface area contributed by atoms with Crippen LogP contribution in [-0.2, 0) is 11.3 Å². The van der Waals surface area contributed by atoms with E-state index in [9.17, 15) is 4.79 Å². The summed E-state index contributed by atoms with van der Waals surface area (Å²) in [4.78, 5) is 18.7. The molecule has 5 rings (SSSR count). The lowest BCUT2D eigenvalue weighted by atomic mass is 9.81. The second-order valence-corrected chi connectivity index (χ2v) is 11.3. The Balaban J connectivity index is 1.44. The van der Waals surface area contributed by atoms with Crippen LogP contribution in [0.5, 0.6) is 0 Å². The van der Waals surface area contributed by atoms with Gasteiger partial charge in [0.05, 0.1) is 6.33 Å². The molecule has 2 aromatic rings. The Bertz CT molecular complexity index is 1270. The maximum Gasteiger partial charge on any atom is 0.410 e. The Kier molecular flexibility index (Phi) is 7.29. The zero-order valence-electron chi connectivity index (χ0n) is 21.8. The van der Waals surface area contributed by atoms with Crippen molar-refractivity contribution in [2.45, 2.75) is 58.6 Å². The number of carbonyl (C=O) groups is 1. The number of ether oxygens (including phenoxy) is 1. The number of allylic oxidation sites excluding steroid dienone is 4. The van der Waals surface area contributed by atoms with Crippen LogP contribution >= 0.6 is 11.6 Å². The molecule has 0 N–H and O–H groups in total. The van der Waals surface area contributed by atoms with Gasteiger partial charge in [-0.25, -0.2) is 9.78 Å². The van der Waals surface area contributed by atoms with Crippen molar-refractivity contribution in [3.05, 3.63) is 93.6 Å². The highest BCUT2D eigenvalue weighted by Crippen LogP contribution is 2.46. The van der Waals surface area contributed by atoms with Gasteiger partial charge in [0.1, 0.15) is 5.60 Å². The Morgan fingerprint density at radius 3 is 2.78 bits per heavy atom. The van der Waals surface area contributed by atoms with Crippen molar-refractivity contribution >= 4 is 29.3 Å². The lowest BCUT2D eigenvalue weighted by molar-refractivity contribution is 0.0199. The topological polar surface area (TPSA) is 61.5 Å². The van der Waals surface area contributed by atoms with E-state index < -0.39 is 5.60 Å². The molecule has 0 saturated carbocycles. The fourth-order valence-corrected chi connectivity index (χ4v) is 5.52. The first-order valence-corrected chi connectivity index (χ1v) is 13.4. The molecule has 1 aliphatic carbocycles. The zero-order valence-corrected chi connectivity index (χ0v) is 22.5. The minimum Gasteiger partial charge on any atom is -0.663 e. The summed E-state index contributed by atoms with van der Waals surface area (Å²) in [6.07, 6.45) is 17.5. The number of carbonyl (C=O) groups excluding carboxylic acids is 1. The van der Waals surface area contributed by atoms with E-state index in [1.165, 1.54) is 22.3 Å². The number of nitrogens with zero attached hydrogens (tertiary/aromatic N) is 4. The predicted molar refractivity (Wildman–Crippen MR) is 149 cm³/mol. The molecule has 37 heavy (non-hydrogen) atoms. The highest BCUT2D eigenvalue weighted by Gasteiger charge is 2.31. The van der Waals surface area contributed by atoms with Crippen LogP contribution in [0.2, 0.25) is 5.02 Å². The molecular weight excluding hydrogens is 484 g/mol. The summed E-state index contributed by atoms with van der Waals surface area (Å²) in [5.74, 6) is 0.283. The summed E-state index contributed by atoms with van der Waals surface area (Å²) in [5, 5.41) is 5.66. The van der Waals surface area contributed by atoms with Gasteiger partial charge in [-0.05, 0) is 86.8 Å². The molecule has 3 heterocycles. The molecule has 0 atom stereocenters. The third-order valence-corrected chi connectivity index (χ3v) is 7.25. The lowest BCUT2D eigenvalue weighted by Crippen LogP contribution is -2.42. The largest absolute Gasteiger partial charge is 0.663 e. The number of likely N-dealkylation sites (tertiary alicyclic amines) is 1. The van der Waals surface area contributed by atoms with Gasteiger partial charge in [-0.3, -0.25) is 0 Å². The van der Waals surface area contributed by atoms with Crippen molar-refractivity contribution in [3.8, 4) is 0 Å². The van der Waals surface area contributed by atoms with Gasteiger partial charge in [-0.15, -0.1) is 5.70 Å². The summed E-state index contributed by atoms with van der Waals surface area (Å²) in [6, 6.07) is 6.17. The third-order valence-electron chi connectivity index (χ3n) is 7.02. The monoisotopic (exact) mass is 517 g/mol. The SMILES string of the molecule is CC(C)(C)OC(=O)N1CCC(C2=C3[N-]C=CC=C3C(CCCn3ccnc3)=Cc3cc(Cl)ccc32)CC1. The molecule has 0 bridgehead atoms. The van der Waals surface area contributed by atoms with Crippen molar-refractivity contribution in [3.63, 3.8) is 0 Å². The normalized spacial score (nSPS) is 17.9. The Morgan fingerprint density at radius 2 is 2.05 bits per heavy atom. The molecule has 1 saturated heterocycles. The number of piperidine rings is 1. The van der Waals surface area contributed by atoms with E-state index in [0.29, 0.717) is 13.1 Å². The van der Waals surface area contributed by atoms with E-state index in [1.807, 2.05) is 62.7 Å². The van der Waals surface area contributed by atoms with Crippen LogP contribution in [-0.4, -0.2) is 39.2 Å². The first-order chi connectivity index (χ1) is 17.8. The van der Waals surface area contributed by atoms with Crippen molar-refractivity contribution in [2.24, 2.45) is 5.92 Å². The second-order valence-electron chi connectivity index (χ2n) is 10.9. The van der Waals surface area contributed by atoms with E-state index in [1.54, 1.807) is 0 Å². The van der Waals surface area contributed by atoms with Crippen LogP contribution in [0.3, 0.4) is 0 Å². The van der Waals surface area contributed by atoms with Crippen molar-refractivity contribution in [1.82, 2.24) is 14.5 Å². The molecule has 3 aliphatic rings. The molecule has 1 aromatic heterocycles. The minimum absolute atomic E-state index is 0.232. The number of imidazole rings is 1. The van der Waals surface area contributed by atoms with Gasteiger partial charge in [0.25, 0.3) is 0 Å². The van der Waals surface area contributed by atoms with Crippen molar-refractivity contribution in [1.29, 1.82) is 0 Å². The molecule has 1 fully saturated rings. The quantitative estimate of drug-likeness (QED) is 0.410. The van der Waals surface area contributed by atoms with E-state index in [4.69, 9.17) is 21.7 Å². The molecule has 0 spiro atoms. The number of aryl methyl sites for hydroxylation is 1. The maximum atomic E-state index is 12.7. The number of fused-ring (bicyclic) bond motifs is 2. The van der Waals surface area contributed by atoms with Gasteiger partial charge >= 0.3 is 6.09 Å². The van der Waals surface area contributed by atoms with Gasteiger partial charge in [0.15, 0.2) is 0 Å². The first-order valence-electron chi connectivity index (χ1n) is 13.1. The first kappa shape index (κ1) is 25.4. The van der Waals surface area contributed by atoms with Crippen molar-refractivity contribution < 1.29 is 9.53 Å². The summed E-state index contributed by atoms with van der Waals surface area (Å²) >= 11 is 6.48. The molecule has 7 heteroatoms. The number of aromatic nitrogens is 2. The van der Waals surface area contributed by atoms with Crippen LogP contribution < -0.4 is 0 Å². The summed E-state index contributed by atoms with van der Waals surface area (Å²) in [6.45, 7) is 7.96. The van der Waals surface area contributed by atoms with Gasteiger partial charge < -0.3 is 19.5 Å². The fourth-order valence-electron chi connectivity index (χ4n) is 5.34. The van der Waals surface area contributed by atoms with Crippen LogP contribution in [0.4, 0.5) is 4.79 Å². The third kappa shape index (κ3) is 5.85. The van der Waals surface area contributed by atoms with E-state index in [0.717, 1.165) is 48.5 Å². The molecule has 0 unspecified atom stereocenters. The number of hydrogen-bond donors (Lipinski definition) is 0. The van der Waals surface area contributed by atoms with Gasteiger partial charge in [-0.1, -0.05) is 41.5 Å². The minimum atomic E-state index is -0.495. The van der Waals surface area contributed by atoms with Crippen LogP contribution in [0.1, 0.15) is 57.6 Å². The molecular formula is C30H34ClN4O2-. The predicted octanol–water partition coefficient (Wildman–Crippen LogP) is 7.60. The Hall–Kier alpha value is -3.25. The Labute approximate surface area is 224 Å². The molecule has 1 aromatic carbocycles. The number of rotatable bonds is 5. The van der Waals surface area contributed by atoms with Crippen molar-refractivity contribution in [2.75, 3.05) is 13.1 Å². The van der Waals surface area contributed by atoms with E-state index in [2.05, 4.69) is 33.8 Å². The summed E-state index contributed by atoms with van der Waals surface area (Å²) < 4.78 is 7.73. The molecule has 194 valence electrons. The van der Waals surface area contributed by atoms with Crippen LogP contribution in [0.25, 0.3) is 17.0 Å². The number of amides is 1. The van der Waals surface area contributed by atoms with Gasteiger partial charge in [0, 0.05) is 37.1 Å². The maximum absolute atomic E-state index is 12.7.